The second-order valence-corrected chi connectivity index (χ2v) is 5.56. The minimum Gasteiger partial charge on any atom is -0.459 e. The van der Waals surface area contributed by atoms with Crippen LogP contribution in [0.1, 0.15) is 37.7 Å². The summed E-state index contributed by atoms with van der Waals surface area (Å²) in [5, 5.41) is 13.3. The summed E-state index contributed by atoms with van der Waals surface area (Å²) in [4.78, 5) is 11.8. The maximum Gasteiger partial charge on any atom is 0.287 e. The van der Waals surface area contributed by atoms with Gasteiger partial charge in [0.15, 0.2) is 5.76 Å². The van der Waals surface area contributed by atoms with Crippen LogP contribution in [0.15, 0.2) is 22.8 Å². The Morgan fingerprint density at radius 2 is 2.37 bits per heavy atom. The highest BCUT2D eigenvalue weighted by atomic mass is 16.5. The molecule has 1 aromatic heterocycles. The van der Waals surface area contributed by atoms with Gasteiger partial charge in [0.2, 0.25) is 0 Å². The van der Waals surface area contributed by atoms with Crippen molar-refractivity contribution in [2.45, 2.75) is 38.9 Å². The number of rotatable bonds is 5. The topological polar surface area (TPSA) is 71.7 Å². The fourth-order valence-corrected chi connectivity index (χ4v) is 2.48. The first-order valence-corrected chi connectivity index (χ1v) is 6.56. The number of hydrogen-bond acceptors (Lipinski definition) is 4. The fourth-order valence-electron chi connectivity index (χ4n) is 2.48. The van der Waals surface area contributed by atoms with Crippen molar-refractivity contribution in [3.8, 4) is 0 Å². The first kappa shape index (κ1) is 14.1. The van der Waals surface area contributed by atoms with E-state index in [2.05, 4.69) is 5.32 Å². The van der Waals surface area contributed by atoms with Crippen molar-refractivity contribution in [3.05, 3.63) is 24.2 Å². The molecule has 106 valence electrons. The third kappa shape index (κ3) is 2.40. The third-order valence-electron chi connectivity index (χ3n) is 4.18. The standard InChI is InChI=1S/C14H21NO4/c1-4-18-11-8-14(17,13(11,2)3)9-15-12(16)10-6-5-7-19-10/h5-7,11,17H,4,8-9H2,1-3H3,(H,15,16)/t11-,14+/m1/s1. The Labute approximate surface area is 112 Å². The maximum atomic E-state index is 11.8. The predicted octanol–water partition coefficient (Wildman–Crippen LogP) is 1.58. The van der Waals surface area contributed by atoms with Gasteiger partial charge in [0.1, 0.15) is 0 Å². The first-order valence-electron chi connectivity index (χ1n) is 6.56. The molecule has 19 heavy (non-hydrogen) atoms. The highest BCUT2D eigenvalue weighted by molar-refractivity contribution is 5.91. The SMILES string of the molecule is CCO[C@@H]1C[C@](O)(CNC(=O)c2ccco2)C1(C)C. The molecule has 0 saturated heterocycles. The highest BCUT2D eigenvalue weighted by Crippen LogP contribution is 2.50. The molecule has 1 heterocycles. The molecule has 5 nitrogen and oxygen atoms in total. The summed E-state index contributed by atoms with van der Waals surface area (Å²) in [5.74, 6) is -0.0591. The lowest BCUT2D eigenvalue weighted by molar-refractivity contribution is -0.237. The number of carbonyl (C=O) groups excluding carboxylic acids is 1. The van der Waals surface area contributed by atoms with Crippen molar-refractivity contribution in [1.82, 2.24) is 5.32 Å². The van der Waals surface area contributed by atoms with Gasteiger partial charge in [-0.1, -0.05) is 13.8 Å². The van der Waals surface area contributed by atoms with E-state index in [1.54, 1.807) is 12.1 Å². The number of furan rings is 1. The number of amides is 1. The van der Waals surface area contributed by atoms with Crippen molar-refractivity contribution < 1.29 is 19.1 Å². The largest absolute Gasteiger partial charge is 0.459 e. The Morgan fingerprint density at radius 1 is 1.63 bits per heavy atom. The lowest BCUT2D eigenvalue weighted by atomic mass is 9.56. The zero-order valence-corrected chi connectivity index (χ0v) is 11.6. The molecule has 0 aliphatic heterocycles. The van der Waals surface area contributed by atoms with Crippen LogP contribution in [0.5, 0.6) is 0 Å². The van der Waals surface area contributed by atoms with Crippen LogP contribution < -0.4 is 5.32 Å². The monoisotopic (exact) mass is 267 g/mol. The van der Waals surface area contributed by atoms with Crippen LogP contribution in [-0.4, -0.2) is 35.9 Å². The lowest BCUT2D eigenvalue weighted by Crippen LogP contribution is -2.68. The normalized spacial score (nSPS) is 28.7. The number of aliphatic hydroxyl groups is 1. The van der Waals surface area contributed by atoms with Crippen molar-refractivity contribution in [3.63, 3.8) is 0 Å². The summed E-state index contributed by atoms with van der Waals surface area (Å²) in [7, 11) is 0. The molecule has 0 aromatic carbocycles. The van der Waals surface area contributed by atoms with Crippen LogP contribution >= 0.6 is 0 Å². The molecule has 1 fully saturated rings. The van der Waals surface area contributed by atoms with Gasteiger partial charge < -0.3 is 19.6 Å². The van der Waals surface area contributed by atoms with E-state index >= 15 is 0 Å². The van der Waals surface area contributed by atoms with Gasteiger partial charge in [0.05, 0.1) is 18.0 Å². The van der Waals surface area contributed by atoms with Crippen LogP contribution in [0.2, 0.25) is 0 Å². The van der Waals surface area contributed by atoms with Gasteiger partial charge in [-0.25, -0.2) is 0 Å². The van der Waals surface area contributed by atoms with E-state index in [-0.39, 0.29) is 29.7 Å². The Morgan fingerprint density at radius 3 is 2.89 bits per heavy atom. The summed E-state index contributed by atoms with van der Waals surface area (Å²) in [5.41, 5.74) is -1.31. The molecule has 0 spiro atoms. The van der Waals surface area contributed by atoms with E-state index in [9.17, 15) is 9.90 Å². The van der Waals surface area contributed by atoms with E-state index < -0.39 is 5.60 Å². The van der Waals surface area contributed by atoms with Crippen LogP contribution in [0, 0.1) is 5.41 Å². The molecule has 2 N–H and O–H groups in total. The van der Waals surface area contributed by atoms with Crippen LogP contribution in [-0.2, 0) is 4.74 Å². The fraction of sp³-hybridized carbons (Fsp3) is 0.643. The Hall–Kier alpha value is -1.33. The Bertz CT molecular complexity index is 440. The average molecular weight is 267 g/mol. The molecule has 0 radical (unpaired) electrons. The zero-order chi connectivity index (χ0) is 14.1. The van der Waals surface area contributed by atoms with E-state index in [4.69, 9.17) is 9.15 Å². The molecule has 1 aliphatic rings. The van der Waals surface area contributed by atoms with Gasteiger partial charge in [-0.2, -0.15) is 0 Å². The van der Waals surface area contributed by atoms with E-state index in [1.165, 1.54) is 6.26 Å². The smallest absolute Gasteiger partial charge is 0.287 e. The van der Waals surface area contributed by atoms with Crippen LogP contribution in [0.25, 0.3) is 0 Å². The van der Waals surface area contributed by atoms with Crippen molar-refractivity contribution >= 4 is 5.91 Å². The summed E-state index contributed by atoms with van der Waals surface area (Å²) in [6, 6.07) is 3.25. The number of carbonyl (C=O) groups is 1. The quantitative estimate of drug-likeness (QED) is 0.849. The van der Waals surface area contributed by atoms with Gasteiger partial charge in [0, 0.05) is 25.0 Å². The van der Waals surface area contributed by atoms with Gasteiger partial charge in [-0.3, -0.25) is 4.79 Å². The van der Waals surface area contributed by atoms with Crippen molar-refractivity contribution in [1.29, 1.82) is 0 Å². The van der Waals surface area contributed by atoms with E-state index in [0.29, 0.717) is 13.0 Å². The molecule has 0 unspecified atom stereocenters. The van der Waals surface area contributed by atoms with Gasteiger partial charge in [-0.05, 0) is 19.1 Å². The van der Waals surface area contributed by atoms with Gasteiger partial charge in [-0.15, -0.1) is 0 Å². The molecular formula is C14H21NO4. The second kappa shape index (κ2) is 4.98. The van der Waals surface area contributed by atoms with E-state index in [0.717, 1.165) is 0 Å². The molecule has 2 atom stereocenters. The first-order chi connectivity index (χ1) is 8.90. The number of nitrogens with one attached hydrogen (secondary N) is 1. The molecular weight excluding hydrogens is 246 g/mol. The maximum absolute atomic E-state index is 11.8. The van der Waals surface area contributed by atoms with Gasteiger partial charge >= 0.3 is 0 Å². The molecule has 1 amide bonds. The summed E-state index contributed by atoms with van der Waals surface area (Å²) < 4.78 is 10.6. The molecule has 1 aromatic rings. The zero-order valence-electron chi connectivity index (χ0n) is 11.6. The lowest BCUT2D eigenvalue weighted by Gasteiger charge is -2.57. The minimum absolute atomic E-state index is 0.0306. The molecule has 1 aliphatic carbocycles. The predicted molar refractivity (Wildman–Crippen MR) is 69.8 cm³/mol. The second-order valence-electron chi connectivity index (χ2n) is 5.56. The minimum atomic E-state index is -0.935. The third-order valence-corrected chi connectivity index (χ3v) is 4.18. The van der Waals surface area contributed by atoms with E-state index in [1.807, 2.05) is 20.8 Å². The summed E-state index contributed by atoms with van der Waals surface area (Å²) in [6.45, 7) is 6.67. The van der Waals surface area contributed by atoms with Crippen LogP contribution in [0.3, 0.4) is 0 Å². The molecule has 2 rings (SSSR count). The highest BCUT2D eigenvalue weighted by Gasteiger charge is 2.59. The van der Waals surface area contributed by atoms with Gasteiger partial charge in [0.25, 0.3) is 5.91 Å². The Balaban J connectivity index is 1.91. The summed E-state index contributed by atoms with van der Waals surface area (Å²) in [6.07, 6.45) is 2.01. The van der Waals surface area contributed by atoms with Crippen LogP contribution in [0.4, 0.5) is 0 Å². The number of hydrogen-bond donors (Lipinski definition) is 2. The summed E-state index contributed by atoms with van der Waals surface area (Å²) >= 11 is 0. The molecule has 5 heteroatoms. The van der Waals surface area contributed by atoms with Crippen molar-refractivity contribution in [2.24, 2.45) is 5.41 Å². The Kier molecular flexibility index (Phi) is 3.69. The van der Waals surface area contributed by atoms with Crippen molar-refractivity contribution in [2.75, 3.05) is 13.2 Å². The molecule has 0 bridgehead atoms. The average Bonchev–Trinajstić information content (AvgIpc) is 2.89. The number of ether oxygens (including phenoxy) is 1. The molecule has 1 saturated carbocycles.